The molecular formula is C18H12N2. The maximum atomic E-state index is 9.35. The zero-order valence-corrected chi connectivity index (χ0v) is 10.8. The number of pyridine rings is 1. The number of aromatic nitrogens is 1. The second kappa shape index (κ2) is 5.38. The molecular weight excluding hydrogens is 244 g/mol. The Bertz CT molecular complexity index is 811. The molecule has 0 bridgehead atoms. The number of hydrogen-bond acceptors (Lipinski definition) is 2. The third-order valence-corrected chi connectivity index (χ3v) is 3.11. The van der Waals surface area contributed by atoms with Gasteiger partial charge in [0.1, 0.15) is 6.07 Å². The number of nitriles is 1. The Balaban J connectivity index is 2.08. The summed E-state index contributed by atoms with van der Waals surface area (Å²) in [5.74, 6) is 0. The van der Waals surface area contributed by atoms with Crippen molar-refractivity contribution in [3.05, 3.63) is 78.0 Å². The van der Waals surface area contributed by atoms with E-state index in [0.717, 1.165) is 16.5 Å². The Morgan fingerprint density at radius 2 is 1.65 bits per heavy atom. The summed E-state index contributed by atoms with van der Waals surface area (Å²) in [5.41, 5.74) is 3.18. The summed E-state index contributed by atoms with van der Waals surface area (Å²) >= 11 is 0. The first-order chi connectivity index (χ1) is 9.86. The van der Waals surface area contributed by atoms with Crippen molar-refractivity contribution in [1.82, 2.24) is 4.98 Å². The number of allylic oxidation sites excluding steroid dienone is 1. The van der Waals surface area contributed by atoms with Gasteiger partial charge in [-0.3, -0.25) is 0 Å². The molecule has 0 fully saturated rings. The van der Waals surface area contributed by atoms with Gasteiger partial charge < -0.3 is 0 Å². The van der Waals surface area contributed by atoms with Crippen LogP contribution >= 0.6 is 0 Å². The molecule has 2 nitrogen and oxygen atoms in total. The molecule has 0 spiro atoms. The van der Waals surface area contributed by atoms with Crippen LogP contribution in [-0.4, -0.2) is 4.98 Å². The van der Waals surface area contributed by atoms with E-state index in [1.807, 2.05) is 72.8 Å². The van der Waals surface area contributed by atoms with Crippen LogP contribution in [0.2, 0.25) is 0 Å². The highest BCUT2D eigenvalue weighted by Crippen LogP contribution is 2.19. The largest absolute Gasteiger partial charge is 0.247 e. The quantitative estimate of drug-likeness (QED) is 0.641. The van der Waals surface area contributed by atoms with Gasteiger partial charge in [-0.2, -0.15) is 5.26 Å². The number of fused-ring (bicyclic) bond motifs is 1. The molecule has 1 aromatic heterocycles. The highest BCUT2D eigenvalue weighted by molar-refractivity contribution is 5.90. The van der Waals surface area contributed by atoms with Crippen molar-refractivity contribution >= 4 is 22.6 Å². The monoisotopic (exact) mass is 256 g/mol. The van der Waals surface area contributed by atoms with Crippen LogP contribution in [0, 0.1) is 11.3 Å². The molecule has 1 heterocycles. The minimum absolute atomic E-state index is 0.571. The average molecular weight is 256 g/mol. The molecule has 0 amide bonds. The van der Waals surface area contributed by atoms with Crippen molar-refractivity contribution in [2.75, 3.05) is 0 Å². The van der Waals surface area contributed by atoms with Crippen LogP contribution in [0.4, 0.5) is 0 Å². The van der Waals surface area contributed by atoms with E-state index in [9.17, 15) is 5.26 Å². The summed E-state index contributed by atoms with van der Waals surface area (Å²) in [4.78, 5) is 4.55. The first kappa shape index (κ1) is 12.1. The molecule has 0 N–H and O–H groups in total. The van der Waals surface area contributed by atoms with E-state index in [1.165, 1.54) is 0 Å². The van der Waals surface area contributed by atoms with Gasteiger partial charge in [0.15, 0.2) is 0 Å². The molecule has 0 aliphatic heterocycles. The van der Waals surface area contributed by atoms with Gasteiger partial charge in [-0.25, -0.2) is 4.98 Å². The average Bonchev–Trinajstić information content (AvgIpc) is 2.53. The minimum atomic E-state index is 0.571. The van der Waals surface area contributed by atoms with Crippen molar-refractivity contribution in [1.29, 1.82) is 5.26 Å². The van der Waals surface area contributed by atoms with E-state index < -0.39 is 0 Å². The second-order valence-corrected chi connectivity index (χ2v) is 4.47. The van der Waals surface area contributed by atoms with Crippen molar-refractivity contribution < 1.29 is 0 Å². The Kier molecular flexibility index (Phi) is 3.26. The molecule has 3 aromatic rings. The molecule has 94 valence electrons. The van der Waals surface area contributed by atoms with Crippen molar-refractivity contribution in [2.24, 2.45) is 0 Å². The van der Waals surface area contributed by atoms with Crippen molar-refractivity contribution in [3.63, 3.8) is 0 Å². The van der Waals surface area contributed by atoms with Gasteiger partial charge >= 0.3 is 0 Å². The van der Waals surface area contributed by atoms with E-state index >= 15 is 0 Å². The minimum Gasteiger partial charge on any atom is -0.247 e. The second-order valence-electron chi connectivity index (χ2n) is 4.47. The lowest BCUT2D eigenvalue weighted by Gasteiger charge is -2.02. The van der Waals surface area contributed by atoms with Crippen LogP contribution in [0.3, 0.4) is 0 Å². The summed E-state index contributed by atoms with van der Waals surface area (Å²) in [6.45, 7) is 0. The lowest BCUT2D eigenvalue weighted by molar-refractivity contribution is 1.35. The molecule has 2 heteroatoms. The van der Waals surface area contributed by atoms with Gasteiger partial charge in [0.25, 0.3) is 0 Å². The summed E-state index contributed by atoms with van der Waals surface area (Å²) in [6.07, 6.45) is 1.86. The Morgan fingerprint density at radius 3 is 2.45 bits per heavy atom. The van der Waals surface area contributed by atoms with Gasteiger partial charge in [0.05, 0.1) is 16.8 Å². The van der Waals surface area contributed by atoms with E-state index in [1.54, 1.807) is 0 Å². The van der Waals surface area contributed by atoms with Crippen LogP contribution in [0.1, 0.15) is 11.3 Å². The summed E-state index contributed by atoms with van der Waals surface area (Å²) in [7, 11) is 0. The summed E-state index contributed by atoms with van der Waals surface area (Å²) in [5, 5.41) is 10.4. The third kappa shape index (κ3) is 2.43. The zero-order valence-electron chi connectivity index (χ0n) is 10.8. The number of rotatable bonds is 2. The lowest BCUT2D eigenvalue weighted by atomic mass is 10.1. The predicted octanol–water partition coefficient (Wildman–Crippen LogP) is 4.30. The maximum Gasteiger partial charge on any atom is 0.101 e. The Hall–Kier alpha value is -2.92. The van der Waals surface area contributed by atoms with Gasteiger partial charge in [0, 0.05) is 5.39 Å². The summed E-state index contributed by atoms with van der Waals surface area (Å²) in [6, 6.07) is 23.8. The molecule has 0 atom stereocenters. The molecule has 20 heavy (non-hydrogen) atoms. The van der Waals surface area contributed by atoms with Gasteiger partial charge in [-0.05, 0) is 23.8 Å². The maximum absolute atomic E-state index is 9.35. The molecule has 0 saturated carbocycles. The van der Waals surface area contributed by atoms with Crippen LogP contribution < -0.4 is 0 Å². The standard InChI is InChI=1S/C18H12N2/c19-13-16(12-14-6-2-1-3-7-14)18-11-10-15-8-4-5-9-17(15)20-18/h1-12H/b16-12-. The van der Waals surface area contributed by atoms with Crippen LogP contribution in [0.15, 0.2) is 66.7 Å². The van der Waals surface area contributed by atoms with Crippen LogP contribution in [0.5, 0.6) is 0 Å². The molecule has 3 rings (SSSR count). The lowest BCUT2D eigenvalue weighted by Crippen LogP contribution is -1.88. The van der Waals surface area contributed by atoms with Crippen LogP contribution in [-0.2, 0) is 0 Å². The van der Waals surface area contributed by atoms with Gasteiger partial charge in [-0.15, -0.1) is 0 Å². The highest BCUT2D eigenvalue weighted by atomic mass is 14.7. The SMILES string of the molecule is N#C/C(=C/c1ccccc1)c1ccc2ccccc2n1. The number of hydrogen-bond donors (Lipinski definition) is 0. The smallest absolute Gasteiger partial charge is 0.101 e. The Labute approximate surface area is 117 Å². The molecule has 2 aromatic carbocycles. The normalized spacial score (nSPS) is 11.2. The third-order valence-electron chi connectivity index (χ3n) is 3.11. The van der Waals surface area contributed by atoms with Crippen molar-refractivity contribution in [3.8, 4) is 6.07 Å². The highest BCUT2D eigenvalue weighted by Gasteiger charge is 2.04. The fraction of sp³-hybridized carbons (Fsp3) is 0. The molecule has 0 aliphatic carbocycles. The number of benzene rings is 2. The number of nitrogens with zero attached hydrogens (tertiary/aromatic N) is 2. The molecule has 0 saturated heterocycles. The number of para-hydroxylation sites is 1. The molecule has 0 radical (unpaired) electrons. The van der Waals surface area contributed by atoms with E-state index in [0.29, 0.717) is 11.3 Å². The van der Waals surface area contributed by atoms with E-state index in [-0.39, 0.29) is 0 Å². The molecule has 0 unspecified atom stereocenters. The van der Waals surface area contributed by atoms with Crippen molar-refractivity contribution in [2.45, 2.75) is 0 Å². The van der Waals surface area contributed by atoms with Gasteiger partial charge in [-0.1, -0.05) is 54.6 Å². The van der Waals surface area contributed by atoms with E-state index in [2.05, 4.69) is 11.1 Å². The fourth-order valence-corrected chi connectivity index (χ4v) is 2.10. The van der Waals surface area contributed by atoms with E-state index in [4.69, 9.17) is 0 Å². The summed E-state index contributed by atoms with van der Waals surface area (Å²) < 4.78 is 0. The van der Waals surface area contributed by atoms with Crippen LogP contribution in [0.25, 0.3) is 22.6 Å². The van der Waals surface area contributed by atoms with Gasteiger partial charge in [0.2, 0.25) is 0 Å². The first-order valence-corrected chi connectivity index (χ1v) is 6.40. The predicted molar refractivity (Wildman–Crippen MR) is 81.7 cm³/mol. The zero-order chi connectivity index (χ0) is 13.8. The topological polar surface area (TPSA) is 36.7 Å². The first-order valence-electron chi connectivity index (χ1n) is 6.40. The fourth-order valence-electron chi connectivity index (χ4n) is 2.10. The molecule has 0 aliphatic rings. The Morgan fingerprint density at radius 1 is 0.900 bits per heavy atom.